The molecule has 1 unspecified atom stereocenters. The Labute approximate surface area is 239 Å². The van der Waals surface area contributed by atoms with Gasteiger partial charge < -0.3 is 19.3 Å². The topological polar surface area (TPSA) is 72.0 Å². The number of pyridine rings is 1. The summed E-state index contributed by atoms with van der Waals surface area (Å²) in [4.78, 5) is 34.1. The fourth-order valence-corrected chi connectivity index (χ4v) is 5.92. The van der Waals surface area contributed by atoms with E-state index in [9.17, 15) is 22.8 Å². The molecule has 1 spiro atoms. The Morgan fingerprint density at radius 3 is 2.22 bits per heavy atom. The summed E-state index contributed by atoms with van der Waals surface area (Å²) in [6.45, 7) is 12.5. The third-order valence-electron chi connectivity index (χ3n) is 8.48. The summed E-state index contributed by atoms with van der Waals surface area (Å²) in [5, 5.41) is 0. The number of alkyl halides is 3. The summed E-state index contributed by atoms with van der Waals surface area (Å²) in [5.74, 6) is 0.283. The number of aromatic nitrogens is 1. The van der Waals surface area contributed by atoms with Gasteiger partial charge in [-0.1, -0.05) is 32.0 Å². The number of benzene rings is 1. The first-order valence-corrected chi connectivity index (χ1v) is 14.0. The van der Waals surface area contributed by atoms with Crippen molar-refractivity contribution in [3.05, 3.63) is 53.7 Å². The van der Waals surface area contributed by atoms with Gasteiger partial charge in [0.15, 0.2) is 0 Å². The van der Waals surface area contributed by atoms with Crippen LogP contribution in [0, 0.1) is 22.7 Å². The van der Waals surface area contributed by atoms with Crippen LogP contribution in [-0.4, -0.2) is 65.2 Å². The first kappa shape index (κ1) is 29.4. The summed E-state index contributed by atoms with van der Waals surface area (Å²) in [6.07, 6.45) is -3.85. The Bertz CT molecular complexity index is 1300. The van der Waals surface area contributed by atoms with Gasteiger partial charge in [0, 0.05) is 49.0 Å². The lowest BCUT2D eigenvalue weighted by Crippen LogP contribution is -2.63. The normalized spacial score (nSPS) is 22.9. The molecule has 1 saturated carbocycles. The molecule has 2 atom stereocenters. The van der Waals surface area contributed by atoms with E-state index in [1.54, 1.807) is 17.0 Å². The molecule has 3 aliphatic rings. The van der Waals surface area contributed by atoms with Crippen molar-refractivity contribution >= 4 is 12.0 Å². The Balaban J connectivity index is 1.23. The Morgan fingerprint density at radius 2 is 1.63 bits per heavy atom. The van der Waals surface area contributed by atoms with E-state index in [0.29, 0.717) is 49.7 Å². The Kier molecular flexibility index (Phi) is 7.37. The zero-order chi connectivity index (χ0) is 29.8. The van der Waals surface area contributed by atoms with E-state index in [0.717, 1.165) is 18.6 Å². The van der Waals surface area contributed by atoms with E-state index in [4.69, 9.17) is 9.47 Å². The molecule has 0 bridgehead atoms. The van der Waals surface area contributed by atoms with Gasteiger partial charge in [-0.2, -0.15) is 13.2 Å². The van der Waals surface area contributed by atoms with Crippen LogP contribution in [-0.2, 0) is 27.1 Å². The zero-order valence-corrected chi connectivity index (χ0v) is 24.3. The second kappa shape index (κ2) is 10.3. The molecule has 1 aromatic carbocycles. The van der Waals surface area contributed by atoms with Gasteiger partial charge in [-0.25, -0.2) is 4.79 Å². The van der Waals surface area contributed by atoms with Gasteiger partial charge in [0.1, 0.15) is 5.60 Å². The molecule has 0 N–H and O–H groups in total. The Hall–Kier alpha value is -3.14. The average molecular weight is 574 g/mol. The van der Waals surface area contributed by atoms with Crippen LogP contribution in [0.15, 0.2) is 42.5 Å². The predicted molar refractivity (Wildman–Crippen MR) is 147 cm³/mol. The van der Waals surface area contributed by atoms with Crippen molar-refractivity contribution in [1.82, 2.24) is 14.8 Å². The molecule has 3 heterocycles. The molecular formula is C31H38F3N3O4. The highest BCUT2D eigenvalue weighted by Gasteiger charge is 2.60. The smallest absolute Gasteiger partial charge is 0.416 e. The van der Waals surface area contributed by atoms with Crippen molar-refractivity contribution in [3.8, 4) is 11.3 Å². The molecule has 1 aliphatic carbocycles. The lowest BCUT2D eigenvalue weighted by Gasteiger charge is -2.51. The van der Waals surface area contributed by atoms with Crippen LogP contribution >= 0.6 is 0 Å². The van der Waals surface area contributed by atoms with E-state index < -0.39 is 17.3 Å². The number of nitrogens with zero attached hydrogens (tertiary/aromatic N) is 3. The molecule has 2 amide bonds. The highest BCUT2D eigenvalue weighted by Crippen LogP contribution is 2.54. The maximum Gasteiger partial charge on any atom is 0.416 e. The van der Waals surface area contributed by atoms with Crippen molar-refractivity contribution in [2.24, 2.45) is 22.7 Å². The highest BCUT2D eigenvalue weighted by molar-refractivity contribution is 5.83. The first-order chi connectivity index (χ1) is 19.1. The van der Waals surface area contributed by atoms with E-state index in [1.807, 2.05) is 31.7 Å². The minimum Gasteiger partial charge on any atom is -0.444 e. The molecule has 2 aliphatic heterocycles. The van der Waals surface area contributed by atoms with Crippen LogP contribution in [0.4, 0.5) is 18.0 Å². The SMILES string of the molecule is CC(C)(C)OC(=O)N1CC(COCc2cccc(-c3ccc(C(F)(F)F)cc3)n2)C2(C1)CN(C(=O)[C@H]1CC1(C)C)C2. The number of carbonyl (C=O) groups is 2. The number of amides is 2. The van der Waals surface area contributed by atoms with Gasteiger partial charge in [0.2, 0.25) is 5.91 Å². The van der Waals surface area contributed by atoms with Crippen molar-refractivity contribution in [3.63, 3.8) is 0 Å². The van der Waals surface area contributed by atoms with Gasteiger partial charge in [-0.05, 0) is 56.9 Å². The van der Waals surface area contributed by atoms with E-state index in [2.05, 4.69) is 18.8 Å². The van der Waals surface area contributed by atoms with Crippen LogP contribution in [0.5, 0.6) is 0 Å². The van der Waals surface area contributed by atoms with Crippen LogP contribution in [0.3, 0.4) is 0 Å². The maximum absolute atomic E-state index is 13.0. The lowest BCUT2D eigenvalue weighted by atomic mass is 9.71. The number of hydrogen-bond donors (Lipinski definition) is 0. The van der Waals surface area contributed by atoms with Crippen LogP contribution in [0.25, 0.3) is 11.3 Å². The quantitative estimate of drug-likeness (QED) is 0.422. The molecule has 1 aromatic heterocycles. The fourth-order valence-electron chi connectivity index (χ4n) is 5.92. The second-order valence-electron chi connectivity index (χ2n) is 13.5. The molecule has 2 saturated heterocycles. The third-order valence-corrected chi connectivity index (χ3v) is 8.48. The maximum atomic E-state index is 13.0. The standard InChI is InChI=1S/C31H38F3N3O4/c1-28(2,3)41-27(39)36-14-22(30(17-36)18-37(19-30)26(38)24-13-29(24,4)5)15-40-16-23-7-6-8-25(35-23)20-9-11-21(12-10-20)31(32,33)34/h6-12,22,24H,13-19H2,1-5H3/t22?,24-/m1/s1. The monoisotopic (exact) mass is 573 g/mol. The van der Waals surface area contributed by atoms with Gasteiger partial charge in [0.25, 0.3) is 0 Å². The number of rotatable bonds is 6. The molecule has 7 nitrogen and oxygen atoms in total. The molecular weight excluding hydrogens is 535 g/mol. The van der Waals surface area contributed by atoms with Crippen LogP contribution < -0.4 is 0 Å². The molecule has 5 rings (SSSR count). The van der Waals surface area contributed by atoms with Gasteiger partial charge in [-0.3, -0.25) is 9.78 Å². The Morgan fingerprint density at radius 1 is 1.00 bits per heavy atom. The minimum atomic E-state index is -4.39. The summed E-state index contributed by atoms with van der Waals surface area (Å²) in [6, 6.07) is 10.3. The number of carbonyl (C=O) groups excluding carboxylic acids is 2. The number of likely N-dealkylation sites (tertiary alicyclic amines) is 2. The number of ether oxygens (including phenoxy) is 2. The summed E-state index contributed by atoms with van der Waals surface area (Å²) in [5.41, 5.74) is 0.291. The van der Waals surface area contributed by atoms with Crippen molar-refractivity contribution in [2.45, 2.75) is 59.4 Å². The summed E-state index contributed by atoms with van der Waals surface area (Å²) >= 11 is 0. The van der Waals surface area contributed by atoms with Gasteiger partial charge in [-0.15, -0.1) is 0 Å². The number of halogens is 3. The van der Waals surface area contributed by atoms with Crippen molar-refractivity contribution in [2.75, 3.05) is 32.8 Å². The van der Waals surface area contributed by atoms with E-state index in [1.165, 1.54) is 12.1 Å². The zero-order valence-electron chi connectivity index (χ0n) is 24.3. The average Bonchev–Trinajstić information content (AvgIpc) is 3.33. The molecule has 222 valence electrons. The fraction of sp³-hybridized carbons (Fsp3) is 0.581. The van der Waals surface area contributed by atoms with E-state index in [-0.39, 0.29) is 41.3 Å². The van der Waals surface area contributed by atoms with Crippen molar-refractivity contribution < 1.29 is 32.2 Å². The van der Waals surface area contributed by atoms with Gasteiger partial charge in [0.05, 0.1) is 30.2 Å². The van der Waals surface area contributed by atoms with Crippen LogP contribution in [0.1, 0.15) is 52.3 Å². The second-order valence-corrected chi connectivity index (χ2v) is 13.5. The van der Waals surface area contributed by atoms with Gasteiger partial charge >= 0.3 is 12.3 Å². The molecule has 3 fully saturated rings. The first-order valence-electron chi connectivity index (χ1n) is 14.0. The highest BCUT2D eigenvalue weighted by atomic mass is 19.4. The number of hydrogen-bond acceptors (Lipinski definition) is 5. The van der Waals surface area contributed by atoms with Crippen molar-refractivity contribution in [1.29, 1.82) is 0 Å². The molecule has 0 radical (unpaired) electrons. The lowest BCUT2D eigenvalue weighted by molar-refractivity contribution is -0.149. The van der Waals surface area contributed by atoms with Crippen LogP contribution in [0.2, 0.25) is 0 Å². The predicted octanol–water partition coefficient (Wildman–Crippen LogP) is 6.03. The third kappa shape index (κ3) is 6.37. The molecule has 10 heteroatoms. The summed E-state index contributed by atoms with van der Waals surface area (Å²) in [7, 11) is 0. The molecule has 2 aromatic rings. The summed E-state index contributed by atoms with van der Waals surface area (Å²) < 4.78 is 50.5. The minimum absolute atomic E-state index is 0.0179. The largest absolute Gasteiger partial charge is 0.444 e. The van der Waals surface area contributed by atoms with E-state index >= 15 is 0 Å². The molecule has 41 heavy (non-hydrogen) atoms.